The summed E-state index contributed by atoms with van der Waals surface area (Å²) in [6.45, 7) is 1.76. The zero-order valence-electron chi connectivity index (χ0n) is 6.79. The van der Waals surface area contributed by atoms with Crippen molar-refractivity contribution >= 4 is 12.3 Å². The van der Waals surface area contributed by atoms with Gasteiger partial charge in [-0.15, -0.1) is 0 Å². The number of ether oxygens (including phenoxy) is 1. The molecule has 0 saturated carbocycles. The van der Waals surface area contributed by atoms with E-state index in [1.807, 2.05) is 0 Å². The van der Waals surface area contributed by atoms with Crippen molar-refractivity contribution < 1.29 is 14.3 Å². The van der Waals surface area contributed by atoms with Crippen molar-refractivity contribution in [3.05, 3.63) is 11.6 Å². The van der Waals surface area contributed by atoms with Crippen LogP contribution in [-0.4, -0.2) is 19.4 Å². The summed E-state index contributed by atoms with van der Waals surface area (Å²) >= 11 is 0. The quantitative estimate of drug-likeness (QED) is 0.347. The van der Waals surface area contributed by atoms with E-state index in [0.717, 1.165) is 6.29 Å². The second-order valence-electron chi connectivity index (χ2n) is 2.06. The maximum absolute atomic E-state index is 10.6. The molecule has 0 aliphatic rings. The standard InChI is InChI=1S/C8H12O3/c1-3-7(6-9)4-5-8(10)11-2/h3,6H,4-5H2,1-2H3. The highest BCUT2D eigenvalue weighted by molar-refractivity contribution is 5.76. The Morgan fingerprint density at radius 1 is 1.45 bits per heavy atom. The number of carbonyl (C=O) groups excluding carboxylic acids is 2. The number of allylic oxidation sites excluding steroid dienone is 2. The first-order valence-electron chi connectivity index (χ1n) is 3.41. The van der Waals surface area contributed by atoms with Crippen LogP contribution in [0, 0.1) is 0 Å². The van der Waals surface area contributed by atoms with Crippen molar-refractivity contribution in [3.8, 4) is 0 Å². The summed E-state index contributed by atoms with van der Waals surface area (Å²) in [7, 11) is 1.33. The van der Waals surface area contributed by atoms with Crippen LogP contribution in [0.15, 0.2) is 11.6 Å². The van der Waals surface area contributed by atoms with Crippen molar-refractivity contribution in [2.45, 2.75) is 19.8 Å². The zero-order chi connectivity index (χ0) is 8.69. The molecule has 0 spiro atoms. The van der Waals surface area contributed by atoms with Gasteiger partial charge in [-0.1, -0.05) is 6.08 Å². The number of hydrogen-bond donors (Lipinski definition) is 0. The molecule has 0 aliphatic carbocycles. The van der Waals surface area contributed by atoms with Gasteiger partial charge >= 0.3 is 5.97 Å². The molecule has 0 N–H and O–H groups in total. The summed E-state index contributed by atoms with van der Waals surface area (Å²) in [4.78, 5) is 20.8. The third kappa shape index (κ3) is 4.31. The summed E-state index contributed by atoms with van der Waals surface area (Å²) in [6, 6.07) is 0. The lowest BCUT2D eigenvalue weighted by atomic mass is 10.1. The number of aldehydes is 1. The van der Waals surface area contributed by atoms with Gasteiger partial charge in [-0.2, -0.15) is 0 Å². The third-order valence-corrected chi connectivity index (χ3v) is 1.37. The van der Waals surface area contributed by atoms with E-state index in [0.29, 0.717) is 12.0 Å². The number of methoxy groups -OCH3 is 1. The van der Waals surface area contributed by atoms with Crippen LogP contribution in [0.5, 0.6) is 0 Å². The van der Waals surface area contributed by atoms with E-state index >= 15 is 0 Å². The number of hydrogen-bond acceptors (Lipinski definition) is 3. The van der Waals surface area contributed by atoms with E-state index in [4.69, 9.17) is 0 Å². The van der Waals surface area contributed by atoms with Crippen molar-refractivity contribution in [2.75, 3.05) is 7.11 Å². The van der Waals surface area contributed by atoms with Gasteiger partial charge in [-0.3, -0.25) is 9.59 Å². The summed E-state index contributed by atoms with van der Waals surface area (Å²) in [5, 5.41) is 0. The van der Waals surface area contributed by atoms with Gasteiger partial charge in [0.15, 0.2) is 0 Å². The lowest BCUT2D eigenvalue weighted by molar-refractivity contribution is -0.140. The topological polar surface area (TPSA) is 43.4 Å². The zero-order valence-corrected chi connectivity index (χ0v) is 6.79. The van der Waals surface area contributed by atoms with Crippen LogP contribution in [0.2, 0.25) is 0 Å². The summed E-state index contributed by atoms with van der Waals surface area (Å²) < 4.78 is 4.41. The Hall–Kier alpha value is -1.12. The van der Waals surface area contributed by atoms with E-state index < -0.39 is 0 Å². The molecule has 0 aromatic carbocycles. The van der Waals surface area contributed by atoms with Gasteiger partial charge < -0.3 is 4.74 Å². The second-order valence-corrected chi connectivity index (χ2v) is 2.06. The fraction of sp³-hybridized carbons (Fsp3) is 0.500. The Bertz CT molecular complexity index is 170. The highest BCUT2D eigenvalue weighted by Gasteiger charge is 2.01. The van der Waals surface area contributed by atoms with Crippen molar-refractivity contribution in [1.82, 2.24) is 0 Å². The summed E-state index contributed by atoms with van der Waals surface area (Å²) in [6.07, 6.45) is 3.18. The Balaban J connectivity index is 3.69. The lowest BCUT2D eigenvalue weighted by Gasteiger charge is -1.97. The molecular formula is C8H12O3. The molecule has 0 aromatic rings. The van der Waals surface area contributed by atoms with E-state index in [-0.39, 0.29) is 12.4 Å². The van der Waals surface area contributed by atoms with Crippen LogP contribution >= 0.6 is 0 Å². The first-order valence-corrected chi connectivity index (χ1v) is 3.41. The molecule has 0 bridgehead atoms. The van der Waals surface area contributed by atoms with Gasteiger partial charge in [0.25, 0.3) is 0 Å². The maximum Gasteiger partial charge on any atom is 0.305 e. The van der Waals surface area contributed by atoms with Crippen LogP contribution in [0.3, 0.4) is 0 Å². The van der Waals surface area contributed by atoms with Crippen molar-refractivity contribution in [2.24, 2.45) is 0 Å². The molecule has 0 aliphatic heterocycles. The molecule has 0 radical (unpaired) electrons. The highest BCUT2D eigenvalue weighted by atomic mass is 16.5. The fourth-order valence-electron chi connectivity index (χ4n) is 0.620. The molecular weight excluding hydrogens is 144 g/mol. The van der Waals surface area contributed by atoms with Gasteiger partial charge in [0, 0.05) is 6.42 Å². The molecule has 0 saturated heterocycles. The van der Waals surface area contributed by atoms with Crippen LogP contribution in [0.1, 0.15) is 19.8 Å². The molecule has 0 aromatic heterocycles. The molecule has 0 unspecified atom stereocenters. The first-order chi connectivity index (χ1) is 5.24. The lowest BCUT2D eigenvalue weighted by Crippen LogP contribution is -2.00. The number of esters is 1. The Labute approximate surface area is 66.0 Å². The Kier molecular flexibility index (Phi) is 5.07. The molecule has 3 nitrogen and oxygen atoms in total. The molecule has 3 heteroatoms. The third-order valence-electron chi connectivity index (χ3n) is 1.37. The largest absolute Gasteiger partial charge is 0.469 e. The minimum atomic E-state index is -0.286. The first kappa shape index (κ1) is 9.88. The predicted molar refractivity (Wildman–Crippen MR) is 41.1 cm³/mol. The van der Waals surface area contributed by atoms with E-state index in [2.05, 4.69) is 4.74 Å². The van der Waals surface area contributed by atoms with Gasteiger partial charge in [-0.05, 0) is 18.9 Å². The summed E-state index contributed by atoms with van der Waals surface area (Å²) in [5.74, 6) is -0.286. The monoisotopic (exact) mass is 156 g/mol. The fourth-order valence-corrected chi connectivity index (χ4v) is 0.620. The number of rotatable bonds is 4. The van der Waals surface area contributed by atoms with Gasteiger partial charge in [-0.25, -0.2) is 0 Å². The Morgan fingerprint density at radius 3 is 2.45 bits per heavy atom. The molecule has 0 heterocycles. The van der Waals surface area contributed by atoms with E-state index in [1.54, 1.807) is 13.0 Å². The van der Waals surface area contributed by atoms with Crippen molar-refractivity contribution in [1.29, 1.82) is 0 Å². The molecule has 0 atom stereocenters. The van der Waals surface area contributed by atoms with Crippen LogP contribution in [0.4, 0.5) is 0 Å². The van der Waals surface area contributed by atoms with Crippen LogP contribution in [-0.2, 0) is 14.3 Å². The average Bonchev–Trinajstić information content (AvgIpc) is 2.06. The smallest absolute Gasteiger partial charge is 0.305 e. The minimum Gasteiger partial charge on any atom is -0.469 e. The highest BCUT2D eigenvalue weighted by Crippen LogP contribution is 2.01. The second kappa shape index (κ2) is 5.65. The number of carbonyl (C=O) groups is 2. The minimum absolute atomic E-state index is 0.273. The average molecular weight is 156 g/mol. The molecule has 0 fully saturated rings. The van der Waals surface area contributed by atoms with Crippen LogP contribution < -0.4 is 0 Å². The summed E-state index contributed by atoms with van der Waals surface area (Å²) in [5.41, 5.74) is 0.635. The normalized spacial score (nSPS) is 10.9. The van der Waals surface area contributed by atoms with Gasteiger partial charge in [0.2, 0.25) is 0 Å². The van der Waals surface area contributed by atoms with Crippen LogP contribution in [0.25, 0.3) is 0 Å². The molecule has 11 heavy (non-hydrogen) atoms. The van der Waals surface area contributed by atoms with Gasteiger partial charge in [0.05, 0.1) is 7.11 Å². The van der Waals surface area contributed by atoms with E-state index in [1.165, 1.54) is 7.11 Å². The molecule has 0 amide bonds. The predicted octanol–water partition coefficient (Wildman–Crippen LogP) is 1.08. The van der Waals surface area contributed by atoms with Gasteiger partial charge in [0.1, 0.15) is 6.29 Å². The SMILES string of the molecule is CC=C(C=O)CCC(=O)OC. The molecule has 62 valence electrons. The maximum atomic E-state index is 10.6. The molecule has 0 rings (SSSR count). The Morgan fingerprint density at radius 2 is 2.09 bits per heavy atom. The van der Waals surface area contributed by atoms with E-state index in [9.17, 15) is 9.59 Å². The van der Waals surface area contributed by atoms with Crippen molar-refractivity contribution in [3.63, 3.8) is 0 Å².